The number of nitrogens with one attached hydrogen (secondary N) is 1. The largest absolute Gasteiger partial charge is 0.493 e. The summed E-state index contributed by atoms with van der Waals surface area (Å²) < 4.78 is 10.9. The van der Waals surface area contributed by atoms with Gasteiger partial charge in [-0.2, -0.15) is 0 Å². The molecule has 164 valence electrons. The van der Waals surface area contributed by atoms with Crippen molar-refractivity contribution < 1.29 is 23.9 Å². The number of aromatic nitrogens is 1. The molecule has 1 atom stereocenters. The molecule has 1 aromatic carbocycles. The molecular formula is C23H27N3O5. The fourth-order valence-corrected chi connectivity index (χ4v) is 3.49. The van der Waals surface area contributed by atoms with E-state index in [-0.39, 0.29) is 30.1 Å². The Labute approximate surface area is 181 Å². The van der Waals surface area contributed by atoms with Crippen molar-refractivity contribution >= 4 is 23.4 Å². The van der Waals surface area contributed by atoms with Crippen LogP contribution in [0.2, 0.25) is 0 Å². The van der Waals surface area contributed by atoms with Gasteiger partial charge in [-0.15, -0.1) is 0 Å². The fourth-order valence-electron chi connectivity index (χ4n) is 3.49. The van der Waals surface area contributed by atoms with Crippen LogP contribution in [-0.4, -0.2) is 54.3 Å². The number of likely N-dealkylation sites (tertiary alicyclic amines) is 1. The number of carbonyl (C=O) groups is 3. The molecule has 0 radical (unpaired) electrons. The first-order valence-corrected chi connectivity index (χ1v) is 10.2. The predicted octanol–water partition coefficient (Wildman–Crippen LogP) is 2.86. The number of nitrogens with zero attached hydrogens (tertiary/aromatic N) is 2. The molecule has 1 N–H and O–H groups in total. The highest BCUT2D eigenvalue weighted by molar-refractivity contribution is 5.95. The highest BCUT2D eigenvalue weighted by atomic mass is 16.5. The average Bonchev–Trinajstić information content (AvgIpc) is 2.78. The van der Waals surface area contributed by atoms with Crippen molar-refractivity contribution in [2.45, 2.75) is 26.7 Å². The molecule has 0 spiro atoms. The van der Waals surface area contributed by atoms with Gasteiger partial charge in [0.25, 0.3) is 5.91 Å². The summed E-state index contributed by atoms with van der Waals surface area (Å²) in [6.07, 6.45) is 3.08. The lowest BCUT2D eigenvalue weighted by Crippen LogP contribution is -2.45. The number of hydrogen-bond acceptors (Lipinski definition) is 6. The molecular weight excluding hydrogens is 398 g/mol. The maximum absolute atomic E-state index is 12.7. The van der Waals surface area contributed by atoms with Crippen LogP contribution in [-0.2, 0) is 9.59 Å². The number of ketones is 1. The van der Waals surface area contributed by atoms with E-state index in [2.05, 4.69) is 10.3 Å². The third-order valence-corrected chi connectivity index (χ3v) is 5.32. The smallest absolute Gasteiger partial charge is 0.260 e. The lowest BCUT2D eigenvalue weighted by atomic mass is 9.97. The summed E-state index contributed by atoms with van der Waals surface area (Å²) in [5.41, 5.74) is 1.39. The van der Waals surface area contributed by atoms with Crippen molar-refractivity contribution in [3.8, 4) is 11.5 Å². The third-order valence-electron chi connectivity index (χ3n) is 5.32. The molecule has 8 heteroatoms. The monoisotopic (exact) mass is 425 g/mol. The first-order valence-electron chi connectivity index (χ1n) is 10.2. The van der Waals surface area contributed by atoms with Crippen molar-refractivity contribution in [2.24, 2.45) is 5.92 Å². The second-order valence-corrected chi connectivity index (χ2v) is 7.55. The van der Waals surface area contributed by atoms with E-state index < -0.39 is 0 Å². The number of methoxy groups -OCH3 is 1. The van der Waals surface area contributed by atoms with Crippen LogP contribution in [0.25, 0.3) is 0 Å². The standard InChI is InChI=1S/C23H27N3O5/c1-15-6-4-10-24-22(15)25-23(29)18-7-5-11-26(13-18)21(28)14-31-19-9-8-17(16(2)27)12-20(19)30-3/h4,6,8-10,12,18H,5,7,11,13-14H2,1-3H3,(H,24,25,29). The van der Waals surface area contributed by atoms with Crippen LogP contribution in [0.3, 0.4) is 0 Å². The summed E-state index contributed by atoms with van der Waals surface area (Å²) in [5.74, 6) is 0.592. The number of pyridine rings is 1. The lowest BCUT2D eigenvalue weighted by molar-refractivity contribution is -0.136. The Morgan fingerprint density at radius 3 is 2.74 bits per heavy atom. The zero-order valence-corrected chi connectivity index (χ0v) is 18.0. The van der Waals surface area contributed by atoms with Gasteiger partial charge in [0.2, 0.25) is 5.91 Å². The van der Waals surface area contributed by atoms with Crippen LogP contribution in [0, 0.1) is 12.8 Å². The minimum Gasteiger partial charge on any atom is -0.493 e. The molecule has 3 rings (SSSR count). The van der Waals surface area contributed by atoms with Crippen molar-refractivity contribution in [2.75, 3.05) is 32.1 Å². The van der Waals surface area contributed by atoms with Crippen LogP contribution in [0.15, 0.2) is 36.5 Å². The number of aryl methyl sites for hydroxylation is 1. The van der Waals surface area contributed by atoms with Gasteiger partial charge in [-0.1, -0.05) is 6.07 Å². The minimum absolute atomic E-state index is 0.0838. The first kappa shape index (κ1) is 22.3. The van der Waals surface area contributed by atoms with Crippen molar-refractivity contribution in [3.05, 3.63) is 47.7 Å². The van der Waals surface area contributed by atoms with Crippen LogP contribution >= 0.6 is 0 Å². The second kappa shape index (κ2) is 10.1. The van der Waals surface area contributed by atoms with E-state index in [9.17, 15) is 14.4 Å². The number of carbonyl (C=O) groups excluding carboxylic acids is 3. The summed E-state index contributed by atoms with van der Waals surface area (Å²) in [6.45, 7) is 4.09. The average molecular weight is 425 g/mol. The van der Waals surface area contributed by atoms with Gasteiger partial charge in [-0.05, 0) is 56.5 Å². The zero-order valence-electron chi connectivity index (χ0n) is 18.0. The molecule has 31 heavy (non-hydrogen) atoms. The van der Waals surface area contributed by atoms with Gasteiger partial charge in [-0.25, -0.2) is 4.98 Å². The Morgan fingerprint density at radius 1 is 1.23 bits per heavy atom. The number of ether oxygens (including phenoxy) is 2. The Bertz CT molecular complexity index is 975. The van der Waals surface area contributed by atoms with Gasteiger partial charge in [-0.3, -0.25) is 14.4 Å². The van der Waals surface area contributed by atoms with Gasteiger partial charge in [0.05, 0.1) is 13.0 Å². The zero-order chi connectivity index (χ0) is 22.4. The number of rotatable bonds is 7. The Kier molecular flexibility index (Phi) is 7.23. The summed E-state index contributed by atoms with van der Waals surface area (Å²) in [5, 5.41) is 2.86. The minimum atomic E-state index is -0.302. The van der Waals surface area contributed by atoms with Crippen molar-refractivity contribution in [3.63, 3.8) is 0 Å². The van der Waals surface area contributed by atoms with Gasteiger partial charge in [0, 0.05) is 24.8 Å². The molecule has 8 nitrogen and oxygen atoms in total. The van der Waals surface area contributed by atoms with Crippen molar-refractivity contribution in [1.82, 2.24) is 9.88 Å². The number of benzene rings is 1. The van der Waals surface area contributed by atoms with E-state index >= 15 is 0 Å². The van der Waals surface area contributed by atoms with E-state index in [4.69, 9.17) is 9.47 Å². The number of piperidine rings is 1. The number of Topliss-reactive ketones (excluding diaryl/α,β-unsaturated/α-hetero) is 1. The maximum Gasteiger partial charge on any atom is 0.260 e. The molecule has 1 aromatic heterocycles. The highest BCUT2D eigenvalue weighted by Crippen LogP contribution is 2.28. The Morgan fingerprint density at radius 2 is 2.03 bits per heavy atom. The summed E-state index contributed by atoms with van der Waals surface area (Å²) in [7, 11) is 1.48. The Hall–Kier alpha value is -3.42. The normalized spacial score (nSPS) is 15.8. The molecule has 2 aromatic rings. The third kappa shape index (κ3) is 5.59. The van der Waals surface area contributed by atoms with Gasteiger partial charge in [0.1, 0.15) is 5.82 Å². The molecule has 2 amide bonds. The number of hydrogen-bond donors (Lipinski definition) is 1. The number of anilines is 1. The van der Waals surface area contributed by atoms with Crippen LogP contribution in [0.5, 0.6) is 11.5 Å². The van der Waals surface area contributed by atoms with E-state index in [1.165, 1.54) is 14.0 Å². The van der Waals surface area contributed by atoms with Gasteiger partial charge in [0.15, 0.2) is 23.9 Å². The van der Waals surface area contributed by atoms with Crippen LogP contribution < -0.4 is 14.8 Å². The van der Waals surface area contributed by atoms with Crippen LogP contribution in [0.4, 0.5) is 5.82 Å². The van der Waals surface area contributed by atoms with E-state index in [1.54, 1.807) is 29.3 Å². The molecule has 0 aliphatic carbocycles. The highest BCUT2D eigenvalue weighted by Gasteiger charge is 2.29. The summed E-state index contributed by atoms with van der Waals surface area (Å²) >= 11 is 0. The number of amides is 2. The predicted molar refractivity (Wildman–Crippen MR) is 115 cm³/mol. The van der Waals surface area contributed by atoms with Crippen LogP contribution in [0.1, 0.15) is 35.7 Å². The molecule has 1 fully saturated rings. The molecule has 1 aliphatic heterocycles. The summed E-state index contributed by atoms with van der Waals surface area (Å²) in [6, 6.07) is 8.53. The fraction of sp³-hybridized carbons (Fsp3) is 0.391. The topological polar surface area (TPSA) is 97.8 Å². The van der Waals surface area contributed by atoms with Gasteiger partial charge >= 0.3 is 0 Å². The molecule has 0 saturated carbocycles. The van der Waals surface area contributed by atoms with E-state index in [0.717, 1.165) is 12.0 Å². The molecule has 1 saturated heterocycles. The lowest BCUT2D eigenvalue weighted by Gasteiger charge is -2.32. The molecule has 1 unspecified atom stereocenters. The maximum atomic E-state index is 12.7. The quantitative estimate of drug-likeness (QED) is 0.685. The first-order chi connectivity index (χ1) is 14.9. The van der Waals surface area contributed by atoms with Gasteiger partial charge < -0.3 is 19.7 Å². The van der Waals surface area contributed by atoms with Crippen molar-refractivity contribution in [1.29, 1.82) is 0 Å². The van der Waals surface area contributed by atoms with E-state index in [1.807, 2.05) is 19.1 Å². The molecule has 1 aliphatic rings. The SMILES string of the molecule is COc1cc(C(C)=O)ccc1OCC(=O)N1CCCC(C(=O)Nc2ncccc2C)C1. The molecule has 0 bridgehead atoms. The second-order valence-electron chi connectivity index (χ2n) is 7.55. The summed E-state index contributed by atoms with van der Waals surface area (Å²) in [4.78, 5) is 42.7. The Balaban J connectivity index is 1.58. The van der Waals surface area contributed by atoms with E-state index in [0.29, 0.717) is 42.4 Å². The molecule has 2 heterocycles.